The Labute approximate surface area is 94.0 Å². The third-order valence-electron chi connectivity index (χ3n) is 2.64. The van der Waals surface area contributed by atoms with Crippen molar-refractivity contribution in [3.05, 3.63) is 28.8 Å². The van der Waals surface area contributed by atoms with Crippen LogP contribution in [0.5, 0.6) is 5.88 Å². The molecule has 0 radical (unpaired) electrons. The molecule has 86 valence electrons. The van der Waals surface area contributed by atoms with Crippen LogP contribution in [-0.4, -0.2) is 14.9 Å². The third kappa shape index (κ3) is 1.93. The van der Waals surface area contributed by atoms with E-state index in [1.807, 2.05) is 33.9 Å². The van der Waals surface area contributed by atoms with Gasteiger partial charge < -0.3 is 9.26 Å². The zero-order valence-electron chi connectivity index (χ0n) is 9.94. The molecule has 5 nitrogen and oxygen atoms in total. The molecule has 2 heterocycles. The van der Waals surface area contributed by atoms with E-state index in [-0.39, 0.29) is 0 Å². The fourth-order valence-electron chi connectivity index (χ4n) is 1.45. The van der Waals surface area contributed by atoms with Gasteiger partial charge in [0.1, 0.15) is 12.4 Å². The maximum absolute atomic E-state index is 5.58. The minimum Gasteiger partial charge on any atom is -0.472 e. The van der Waals surface area contributed by atoms with Gasteiger partial charge in [-0.25, -0.2) is 0 Å². The third-order valence-corrected chi connectivity index (χ3v) is 2.64. The summed E-state index contributed by atoms with van der Waals surface area (Å²) in [7, 11) is 1.89. The van der Waals surface area contributed by atoms with Gasteiger partial charge in [-0.3, -0.25) is 4.68 Å². The Hall–Kier alpha value is -1.78. The molecule has 0 bridgehead atoms. The first kappa shape index (κ1) is 10.7. The number of aromatic nitrogens is 3. The lowest BCUT2D eigenvalue weighted by Gasteiger charge is -2.01. The van der Waals surface area contributed by atoms with Gasteiger partial charge in [-0.15, -0.1) is 5.10 Å². The summed E-state index contributed by atoms with van der Waals surface area (Å²) >= 11 is 0. The Kier molecular flexibility index (Phi) is 2.68. The van der Waals surface area contributed by atoms with E-state index in [4.69, 9.17) is 9.26 Å². The van der Waals surface area contributed by atoms with Crippen molar-refractivity contribution in [1.29, 1.82) is 0 Å². The van der Waals surface area contributed by atoms with E-state index in [0.29, 0.717) is 12.5 Å². The van der Waals surface area contributed by atoms with Gasteiger partial charge in [0.25, 0.3) is 0 Å². The van der Waals surface area contributed by atoms with Crippen LogP contribution >= 0.6 is 0 Å². The number of rotatable bonds is 3. The quantitative estimate of drug-likeness (QED) is 0.794. The summed E-state index contributed by atoms with van der Waals surface area (Å²) < 4.78 is 12.4. The minimum atomic E-state index is 0.442. The van der Waals surface area contributed by atoms with Crippen LogP contribution in [0.4, 0.5) is 0 Å². The topological polar surface area (TPSA) is 53.1 Å². The summed E-state index contributed by atoms with van der Waals surface area (Å²) in [5, 5.41) is 8.08. The fourth-order valence-corrected chi connectivity index (χ4v) is 1.45. The van der Waals surface area contributed by atoms with Crippen LogP contribution in [0.15, 0.2) is 10.6 Å². The number of hydrogen-bond acceptors (Lipinski definition) is 4. The van der Waals surface area contributed by atoms with E-state index in [0.717, 1.165) is 22.7 Å². The Morgan fingerprint density at radius 3 is 2.62 bits per heavy atom. The lowest BCUT2D eigenvalue weighted by atomic mass is 10.2. The molecule has 0 amide bonds. The molecule has 0 unspecified atom stereocenters. The van der Waals surface area contributed by atoms with Crippen molar-refractivity contribution in [3.8, 4) is 5.88 Å². The Morgan fingerprint density at radius 1 is 1.38 bits per heavy atom. The zero-order chi connectivity index (χ0) is 11.7. The highest BCUT2D eigenvalue weighted by Gasteiger charge is 2.10. The minimum absolute atomic E-state index is 0.442. The molecule has 0 saturated heterocycles. The van der Waals surface area contributed by atoms with Crippen molar-refractivity contribution in [2.75, 3.05) is 0 Å². The molecule has 2 rings (SSSR count). The van der Waals surface area contributed by atoms with E-state index in [2.05, 4.69) is 10.3 Å². The van der Waals surface area contributed by atoms with Gasteiger partial charge in [-0.05, 0) is 20.8 Å². The van der Waals surface area contributed by atoms with Gasteiger partial charge in [0, 0.05) is 18.8 Å². The molecule has 0 aliphatic rings. The van der Waals surface area contributed by atoms with Crippen LogP contribution in [0.3, 0.4) is 0 Å². The highest BCUT2D eigenvalue weighted by atomic mass is 16.5. The van der Waals surface area contributed by atoms with E-state index in [1.54, 1.807) is 4.68 Å². The van der Waals surface area contributed by atoms with Gasteiger partial charge in [-0.2, -0.15) is 0 Å². The van der Waals surface area contributed by atoms with Gasteiger partial charge in [0.15, 0.2) is 0 Å². The van der Waals surface area contributed by atoms with Gasteiger partial charge in [0.05, 0.1) is 11.3 Å². The van der Waals surface area contributed by atoms with Gasteiger partial charge in [0.2, 0.25) is 5.88 Å². The van der Waals surface area contributed by atoms with Crippen LogP contribution in [0.2, 0.25) is 0 Å². The van der Waals surface area contributed by atoms with Crippen LogP contribution < -0.4 is 4.74 Å². The standard InChI is InChI=1S/C11H15N3O2/c1-7-5-11(12-14(7)4)15-6-10-8(2)13-16-9(10)3/h5H,6H2,1-4H3. The number of ether oxygens (including phenoxy) is 1. The zero-order valence-corrected chi connectivity index (χ0v) is 9.94. The summed E-state index contributed by atoms with van der Waals surface area (Å²) in [5.41, 5.74) is 2.92. The molecule has 5 heteroatoms. The Morgan fingerprint density at radius 2 is 2.12 bits per heavy atom. The molecule has 0 N–H and O–H groups in total. The second-order valence-electron chi connectivity index (χ2n) is 3.84. The van der Waals surface area contributed by atoms with Crippen LogP contribution in [0, 0.1) is 20.8 Å². The van der Waals surface area contributed by atoms with E-state index in [1.165, 1.54) is 0 Å². The van der Waals surface area contributed by atoms with Crippen molar-refractivity contribution in [3.63, 3.8) is 0 Å². The highest BCUT2D eigenvalue weighted by Crippen LogP contribution is 2.16. The average Bonchev–Trinajstić information content (AvgIpc) is 2.70. The van der Waals surface area contributed by atoms with E-state index >= 15 is 0 Å². The Balaban J connectivity index is 2.08. The SMILES string of the molecule is Cc1noc(C)c1COc1cc(C)n(C)n1. The van der Waals surface area contributed by atoms with Crippen molar-refractivity contribution in [2.24, 2.45) is 7.05 Å². The maximum atomic E-state index is 5.58. The lowest BCUT2D eigenvalue weighted by Crippen LogP contribution is -1.99. The molecule has 0 saturated carbocycles. The molecule has 2 aromatic heterocycles. The second-order valence-corrected chi connectivity index (χ2v) is 3.84. The predicted molar refractivity (Wildman–Crippen MR) is 58.3 cm³/mol. The predicted octanol–water partition coefficient (Wildman–Crippen LogP) is 1.91. The Bertz CT molecular complexity index is 460. The molecule has 0 spiro atoms. The van der Waals surface area contributed by atoms with Crippen molar-refractivity contribution in [2.45, 2.75) is 27.4 Å². The van der Waals surface area contributed by atoms with Crippen molar-refractivity contribution >= 4 is 0 Å². The van der Waals surface area contributed by atoms with Crippen molar-refractivity contribution < 1.29 is 9.26 Å². The molecule has 2 aromatic rings. The first-order valence-corrected chi connectivity index (χ1v) is 5.13. The normalized spacial score (nSPS) is 10.8. The second kappa shape index (κ2) is 4.00. The molecule has 0 aromatic carbocycles. The summed E-state index contributed by atoms with van der Waals surface area (Å²) in [6.45, 7) is 6.20. The van der Waals surface area contributed by atoms with Gasteiger partial charge >= 0.3 is 0 Å². The summed E-state index contributed by atoms with van der Waals surface area (Å²) in [6.07, 6.45) is 0. The van der Waals surface area contributed by atoms with Crippen LogP contribution in [0.1, 0.15) is 22.7 Å². The van der Waals surface area contributed by atoms with E-state index in [9.17, 15) is 0 Å². The molecule has 0 aliphatic carbocycles. The molecule has 0 fully saturated rings. The summed E-state index contributed by atoms with van der Waals surface area (Å²) in [6, 6.07) is 1.90. The van der Waals surface area contributed by atoms with Crippen molar-refractivity contribution in [1.82, 2.24) is 14.9 Å². The average molecular weight is 221 g/mol. The smallest absolute Gasteiger partial charge is 0.233 e. The van der Waals surface area contributed by atoms with E-state index < -0.39 is 0 Å². The first-order chi connectivity index (χ1) is 7.58. The lowest BCUT2D eigenvalue weighted by molar-refractivity contribution is 0.287. The molecular weight excluding hydrogens is 206 g/mol. The molecule has 0 atom stereocenters. The number of hydrogen-bond donors (Lipinski definition) is 0. The monoisotopic (exact) mass is 221 g/mol. The fraction of sp³-hybridized carbons (Fsp3) is 0.455. The van der Waals surface area contributed by atoms with Crippen LogP contribution in [0.25, 0.3) is 0 Å². The first-order valence-electron chi connectivity index (χ1n) is 5.13. The van der Waals surface area contributed by atoms with Gasteiger partial charge in [-0.1, -0.05) is 5.16 Å². The maximum Gasteiger partial charge on any atom is 0.233 e. The number of aryl methyl sites for hydroxylation is 4. The summed E-state index contributed by atoms with van der Waals surface area (Å²) in [4.78, 5) is 0. The number of nitrogens with zero attached hydrogens (tertiary/aromatic N) is 3. The summed E-state index contributed by atoms with van der Waals surface area (Å²) in [5.74, 6) is 1.42. The largest absolute Gasteiger partial charge is 0.472 e. The molecular formula is C11H15N3O2. The molecule has 0 aliphatic heterocycles. The molecule has 16 heavy (non-hydrogen) atoms. The van der Waals surface area contributed by atoms with Crippen LogP contribution in [-0.2, 0) is 13.7 Å². The highest BCUT2D eigenvalue weighted by molar-refractivity contribution is 5.21.